The summed E-state index contributed by atoms with van der Waals surface area (Å²) >= 11 is 0. The van der Waals surface area contributed by atoms with E-state index >= 15 is 0 Å². The molecule has 1 aromatic heterocycles. The van der Waals surface area contributed by atoms with E-state index in [2.05, 4.69) is 10.3 Å². The van der Waals surface area contributed by atoms with Crippen LogP contribution in [0.4, 0.5) is 11.4 Å². The maximum absolute atomic E-state index is 12.1. The van der Waals surface area contributed by atoms with Gasteiger partial charge in [-0.2, -0.15) is 0 Å². The van der Waals surface area contributed by atoms with Gasteiger partial charge in [-0.3, -0.25) is 9.78 Å². The highest BCUT2D eigenvalue weighted by molar-refractivity contribution is 5.78. The zero-order chi connectivity index (χ0) is 15.9. The van der Waals surface area contributed by atoms with E-state index in [9.17, 15) is 4.79 Å². The molecular formula is C17H19N3O3. The number of rotatable bonds is 5. The Kier molecular flexibility index (Phi) is 5.06. The SMILES string of the molecule is O=C(COc1cccc(Nc2cccnc2)c1)N1CCOCC1. The minimum absolute atomic E-state index is 0.0149. The van der Waals surface area contributed by atoms with Crippen LogP contribution >= 0.6 is 0 Å². The van der Waals surface area contributed by atoms with Gasteiger partial charge < -0.3 is 19.7 Å². The summed E-state index contributed by atoms with van der Waals surface area (Å²) in [6, 6.07) is 11.3. The molecule has 1 saturated heterocycles. The fraction of sp³-hybridized carbons (Fsp3) is 0.294. The highest BCUT2D eigenvalue weighted by Crippen LogP contribution is 2.21. The number of pyridine rings is 1. The monoisotopic (exact) mass is 313 g/mol. The summed E-state index contributed by atoms with van der Waals surface area (Å²) in [4.78, 5) is 17.9. The van der Waals surface area contributed by atoms with Crippen LogP contribution in [0.25, 0.3) is 0 Å². The molecule has 0 aliphatic carbocycles. The van der Waals surface area contributed by atoms with Gasteiger partial charge in [0.15, 0.2) is 6.61 Å². The molecule has 1 amide bonds. The standard InChI is InChI=1S/C17H19N3O3/c21-17(20-7-9-22-10-8-20)13-23-16-5-1-3-14(11-16)19-15-4-2-6-18-12-15/h1-6,11-12,19H,7-10,13H2. The Labute approximate surface area is 135 Å². The lowest BCUT2D eigenvalue weighted by Crippen LogP contribution is -2.42. The van der Waals surface area contributed by atoms with Gasteiger partial charge in [-0.15, -0.1) is 0 Å². The van der Waals surface area contributed by atoms with Crippen molar-refractivity contribution >= 4 is 17.3 Å². The summed E-state index contributed by atoms with van der Waals surface area (Å²) in [6.07, 6.45) is 3.47. The van der Waals surface area contributed by atoms with Gasteiger partial charge in [0.1, 0.15) is 5.75 Å². The number of ether oxygens (including phenoxy) is 2. The van der Waals surface area contributed by atoms with E-state index in [0.717, 1.165) is 11.4 Å². The third kappa shape index (κ3) is 4.43. The predicted octanol–water partition coefficient (Wildman–Crippen LogP) is 2.06. The van der Waals surface area contributed by atoms with Crippen molar-refractivity contribution in [2.45, 2.75) is 0 Å². The second kappa shape index (κ2) is 7.60. The molecule has 6 nitrogen and oxygen atoms in total. The van der Waals surface area contributed by atoms with E-state index in [0.29, 0.717) is 32.1 Å². The second-order valence-corrected chi connectivity index (χ2v) is 5.18. The number of morpholine rings is 1. The molecule has 3 rings (SSSR count). The van der Waals surface area contributed by atoms with E-state index < -0.39 is 0 Å². The van der Waals surface area contributed by atoms with Crippen molar-refractivity contribution in [3.05, 3.63) is 48.8 Å². The van der Waals surface area contributed by atoms with E-state index in [1.54, 1.807) is 17.3 Å². The van der Waals surface area contributed by atoms with E-state index in [4.69, 9.17) is 9.47 Å². The van der Waals surface area contributed by atoms with Crippen LogP contribution in [-0.4, -0.2) is 48.7 Å². The van der Waals surface area contributed by atoms with Gasteiger partial charge in [-0.1, -0.05) is 6.07 Å². The lowest BCUT2D eigenvalue weighted by atomic mass is 10.3. The summed E-state index contributed by atoms with van der Waals surface area (Å²) in [6.45, 7) is 2.48. The molecule has 1 aromatic carbocycles. The molecule has 6 heteroatoms. The first-order valence-corrected chi connectivity index (χ1v) is 7.57. The van der Waals surface area contributed by atoms with Crippen molar-refractivity contribution in [2.24, 2.45) is 0 Å². The van der Waals surface area contributed by atoms with Crippen LogP contribution in [0.1, 0.15) is 0 Å². The molecule has 0 spiro atoms. The highest BCUT2D eigenvalue weighted by Gasteiger charge is 2.17. The molecule has 120 valence electrons. The molecule has 23 heavy (non-hydrogen) atoms. The van der Waals surface area contributed by atoms with E-state index in [1.807, 2.05) is 36.4 Å². The number of benzene rings is 1. The molecule has 1 aliphatic heterocycles. The van der Waals surface area contributed by atoms with Crippen LogP contribution < -0.4 is 10.1 Å². The van der Waals surface area contributed by atoms with Gasteiger partial charge in [0.2, 0.25) is 0 Å². The second-order valence-electron chi connectivity index (χ2n) is 5.18. The molecule has 2 heterocycles. The Morgan fingerprint density at radius 2 is 2.04 bits per heavy atom. The van der Waals surface area contributed by atoms with Crippen molar-refractivity contribution in [1.82, 2.24) is 9.88 Å². The quantitative estimate of drug-likeness (QED) is 0.915. The predicted molar refractivity (Wildman–Crippen MR) is 86.9 cm³/mol. The summed E-state index contributed by atoms with van der Waals surface area (Å²) in [7, 11) is 0. The number of hydrogen-bond donors (Lipinski definition) is 1. The van der Waals surface area contributed by atoms with Crippen LogP contribution in [0.15, 0.2) is 48.8 Å². The fourth-order valence-corrected chi connectivity index (χ4v) is 2.32. The average molecular weight is 313 g/mol. The van der Waals surface area contributed by atoms with Crippen LogP contribution in [0.5, 0.6) is 5.75 Å². The zero-order valence-corrected chi connectivity index (χ0v) is 12.8. The third-order valence-corrected chi connectivity index (χ3v) is 3.51. The van der Waals surface area contributed by atoms with Gasteiger partial charge >= 0.3 is 0 Å². The topological polar surface area (TPSA) is 63.7 Å². The number of amides is 1. The van der Waals surface area contributed by atoms with E-state index in [1.165, 1.54) is 0 Å². The van der Waals surface area contributed by atoms with Crippen molar-refractivity contribution in [3.63, 3.8) is 0 Å². The minimum atomic E-state index is -0.0149. The summed E-state index contributed by atoms with van der Waals surface area (Å²) in [5.41, 5.74) is 1.78. The van der Waals surface area contributed by atoms with Crippen LogP contribution in [0, 0.1) is 0 Å². The Morgan fingerprint density at radius 3 is 2.83 bits per heavy atom. The van der Waals surface area contributed by atoms with Crippen LogP contribution in [0.3, 0.4) is 0 Å². The first kappa shape index (κ1) is 15.3. The molecule has 0 bridgehead atoms. The Balaban J connectivity index is 1.56. The summed E-state index contributed by atoms with van der Waals surface area (Å²) in [5, 5.41) is 3.24. The van der Waals surface area contributed by atoms with Crippen molar-refractivity contribution < 1.29 is 14.3 Å². The molecule has 0 atom stereocenters. The number of nitrogens with zero attached hydrogens (tertiary/aromatic N) is 2. The normalized spacial score (nSPS) is 14.3. The highest BCUT2D eigenvalue weighted by atomic mass is 16.5. The first-order chi connectivity index (χ1) is 11.3. The van der Waals surface area contributed by atoms with Crippen LogP contribution in [-0.2, 0) is 9.53 Å². The average Bonchev–Trinajstić information content (AvgIpc) is 2.62. The molecule has 1 N–H and O–H groups in total. The fourth-order valence-electron chi connectivity index (χ4n) is 2.32. The molecule has 1 fully saturated rings. The first-order valence-electron chi connectivity index (χ1n) is 7.57. The van der Waals surface area contributed by atoms with Crippen molar-refractivity contribution in [1.29, 1.82) is 0 Å². The molecular weight excluding hydrogens is 294 g/mol. The number of nitrogens with one attached hydrogen (secondary N) is 1. The Bertz CT molecular complexity index is 643. The zero-order valence-electron chi connectivity index (χ0n) is 12.8. The summed E-state index contributed by atoms with van der Waals surface area (Å²) < 4.78 is 10.8. The molecule has 0 radical (unpaired) electrons. The number of aromatic nitrogens is 1. The third-order valence-electron chi connectivity index (χ3n) is 3.51. The molecule has 0 saturated carbocycles. The van der Waals surface area contributed by atoms with Gasteiger partial charge in [0, 0.05) is 31.0 Å². The molecule has 0 unspecified atom stereocenters. The Morgan fingerprint density at radius 1 is 1.22 bits per heavy atom. The number of carbonyl (C=O) groups excluding carboxylic acids is 1. The number of carbonyl (C=O) groups is 1. The molecule has 2 aromatic rings. The van der Waals surface area contributed by atoms with Crippen molar-refractivity contribution in [3.8, 4) is 5.75 Å². The lowest BCUT2D eigenvalue weighted by molar-refractivity contribution is -0.137. The van der Waals surface area contributed by atoms with Crippen LogP contribution in [0.2, 0.25) is 0 Å². The maximum Gasteiger partial charge on any atom is 0.260 e. The molecule has 1 aliphatic rings. The number of hydrogen-bond acceptors (Lipinski definition) is 5. The van der Waals surface area contributed by atoms with Gasteiger partial charge in [0.25, 0.3) is 5.91 Å². The van der Waals surface area contributed by atoms with Crippen molar-refractivity contribution in [2.75, 3.05) is 38.2 Å². The largest absolute Gasteiger partial charge is 0.484 e. The van der Waals surface area contributed by atoms with Gasteiger partial charge in [-0.05, 0) is 24.3 Å². The Hall–Kier alpha value is -2.60. The van der Waals surface area contributed by atoms with E-state index in [-0.39, 0.29) is 12.5 Å². The van der Waals surface area contributed by atoms with Gasteiger partial charge in [-0.25, -0.2) is 0 Å². The smallest absolute Gasteiger partial charge is 0.260 e. The number of anilines is 2. The maximum atomic E-state index is 12.1. The lowest BCUT2D eigenvalue weighted by Gasteiger charge is -2.26. The summed E-state index contributed by atoms with van der Waals surface area (Å²) in [5.74, 6) is 0.638. The minimum Gasteiger partial charge on any atom is -0.484 e. The van der Waals surface area contributed by atoms with Gasteiger partial charge in [0.05, 0.1) is 25.1 Å².